The third kappa shape index (κ3) is 29.6. The quantitative estimate of drug-likeness (QED) is 0.0155. The summed E-state index contributed by atoms with van der Waals surface area (Å²) < 4.78 is 116. The maximum atomic E-state index is 13.4. The van der Waals surface area contributed by atoms with Gasteiger partial charge in [-0.15, -0.1) is 0 Å². The van der Waals surface area contributed by atoms with E-state index >= 15 is 0 Å². The Bertz CT molecular complexity index is 4550. The van der Waals surface area contributed by atoms with E-state index in [1.54, 1.807) is 6.26 Å². The molecule has 8 aromatic carbocycles. The number of nitriles is 1. The summed E-state index contributed by atoms with van der Waals surface area (Å²) >= 11 is 0. The van der Waals surface area contributed by atoms with Crippen LogP contribution in [-0.2, 0) is 55.0 Å². The maximum absolute atomic E-state index is 13.4. The molecule has 4 aliphatic heterocycles. The molecule has 4 aliphatic rings. The van der Waals surface area contributed by atoms with Gasteiger partial charge in [0.2, 0.25) is 0 Å². The van der Waals surface area contributed by atoms with E-state index in [2.05, 4.69) is 163 Å². The van der Waals surface area contributed by atoms with Gasteiger partial charge >= 0.3 is 23.7 Å². The van der Waals surface area contributed by atoms with Crippen molar-refractivity contribution in [3.05, 3.63) is 186 Å². The predicted molar refractivity (Wildman–Crippen MR) is 502 cm³/mol. The number of aliphatic hydroxyl groups is 1. The van der Waals surface area contributed by atoms with Crippen LogP contribution in [0.3, 0.4) is 0 Å². The molecule has 0 bridgehead atoms. The summed E-state index contributed by atoms with van der Waals surface area (Å²) in [6, 6.07) is 35.6. The van der Waals surface area contributed by atoms with Crippen molar-refractivity contribution < 1.29 is 103 Å². The number of rotatable bonds is 49. The molecule has 696 valence electrons. The van der Waals surface area contributed by atoms with E-state index in [0.717, 1.165) is 206 Å². The Balaban J connectivity index is 0.000000233. The predicted octanol–water partition coefficient (Wildman–Crippen LogP) is 19.8. The van der Waals surface area contributed by atoms with Gasteiger partial charge in [-0.25, -0.2) is 4.79 Å². The fraction of sp³-hybridized carbons (Fsp3) is 0.510. The number of aliphatic hydroxyl groups excluding tert-OH is 1. The average molecular weight is 1800 g/mol. The topological polar surface area (TPSA) is 271 Å². The molecule has 24 nitrogen and oxygen atoms in total. The molecule has 2 N–H and O–H groups in total. The minimum Gasteiger partial charge on any atom is -0.490 e. The van der Waals surface area contributed by atoms with Crippen molar-refractivity contribution in [1.29, 1.82) is 5.26 Å². The van der Waals surface area contributed by atoms with Gasteiger partial charge in [-0.05, 0) is 396 Å². The second-order valence-electron chi connectivity index (χ2n) is 33.5. The highest BCUT2D eigenvalue weighted by molar-refractivity contribution is 6.61. The van der Waals surface area contributed by atoms with Gasteiger partial charge in [0.15, 0.2) is 6.10 Å². The molecule has 12 rings (SSSR count). The fourth-order valence-corrected chi connectivity index (χ4v) is 21.3. The van der Waals surface area contributed by atoms with Gasteiger partial charge in [0.25, 0.3) is 6.26 Å². The molecule has 0 aromatic heterocycles. The molecule has 0 aliphatic carbocycles. The molecule has 4 saturated heterocycles. The number of nitrogens with one attached hydrogen (secondary N) is 1. The number of hydrogen-bond donors (Lipinski definition) is 2. The Morgan fingerprint density at radius 3 is 0.758 bits per heavy atom. The second-order valence-corrected chi connectivity index (χ2v) is 39.0. The minimum atomic E-state index is -2.85. The van der Waals surface area contributed by atoms with E-state index in [9.17, 15) is 9.90 Å². The van der Waals surface area contributed by atoms with Gasteiger partial charge in [-0.2, -0.15) is 5.26 Å². The zero-order valence-electron chi connectivity index (χ0n) is 79.6. The van der Waals surface area contributed by atoms with Crippen LogP contribution in [0.4, 0.5) is 4.79 Å². The molecule has 8 aromatic rings. The lowest BCUT2D eigenvalue weighted by Gasteiger charge is -2.28. The highest BCUT2D eigenvalue weighted by Crippen LogP contribution is 2.41. The number of ether oxygens (including phenoxy) is 14. The highest BCUT2D eigenvalue weighted by atomic mass is 28.4. The van der Waals surface area contributed by atoms with E-state index in [1.165, 1.54) is 0 Å². The third-order valence-corrected chi connectivity index (χ3v) is 28.4. The molecule has 4 heterocycles. The van der Waals surface area contributed by atoms with Crippen LogP contribution < -0.4 is 43.2 Å². The van der Waals surface area contributed by atoms with Crippen molar-refractivity contribution in [1.82, 2.24) is 5.32 Å². The van der Waals surface area contributed by atoms with Crippen LogP contribution in [0.25, 0.3) is 44.5 Å². The van der Waals surface area contributed by atoms with E-state index in [1.807, 2.05) is 96.9 Å². The summed E-state index contributed by atoms with van der Waals surface area (Å²) in [7, 11) is -5.39. The SMILES string of the molecule is CCO[Si](CCCNC(=O)OC(COc1c(C)cc(-c2cc(C)c(OCC3CO3)c(C)c2)cc1C)COc1c(C)cc(-c2cc(C)c(OCC3CO3)c(C)c2)cc1C)(OCC)OCC.CCO[Si](CCCOC#N)(OCC)OCC.Cc1cc(-c2cc(C)c(OCC3CO3)c(C)c2)cc(C)c1OCC(O)COc1c(C)cc(-c2cc(C)c(OCC3CO3)c(C)c2)cc1C. The van der Waals surface area contributed by atoms with Crippen molar-refractivity contribution in [2.24, 2.45) is 0 Å². The Morgan fingerprint density at radius 2 is 0.555 bits per heavy atom. The maximum Gasteiger partial charge on any atom is 0.501 e. The molecule has 0 saturated carbocycles. The van der Waals surface area contributed by atoms with Crippen LogP contribution in [-0.4, -0.2) is 198 Å². The zero-order valence-corrected chi connectivity index (χ0v) is 81.6. The third-order valence-electron chi connectivity index (χ3n) is 22.1. The summed E-state index contributed by atoms with van der Waals surface area (Å²) in [5, 5.41) is 22.0. The molecule has 0 spiro atoms. The van der Waals surface area contributed by atoms with E-state index in [0.29, 0.717) is 104 Å². The summed E-state index contributed by atoms with van der Waals surface area (Å²) in [5.74, 6) is 6.72. The van der Waals surface area contributed by atoms with Crippen molar-refractivity contribution >= 4 is 23.7 Å². The van der Waals surface area contributed by atoms with Crippen LogP contribution in [0.2, 0.25) is 12.1 Å². The molecular weight excluding hydrogens is 1660 g/mol. The minimum absolute atomic E-state index is 0.0779. The number of carbonyl (C=O) groups is 1. The molecular formula is C102H138N2O22Si2. The van der Waals surface area contributed by atoms with Crippen molar-refractivity contribution in [3.8, 4) is 96.8 Å². The number of benzene rings is 8. The number of hydrogen-bond acceptors (Lipinski definition) is 23. The van der Waals surface area contributed by atoms with Crippen molar-refractivity contribution in [2.75, 3.05) is 132 Å². The van der Waals surface area contributed by atoms with Crippen LogP contribution in [0.15, 0.2) is 97.1 Å². The Labute approximate surface area is 761 Å². The summed E-state index contributed by atoms with van der Waals surface area (Å²) in [6.07, 6.45) is 1.70. The number of amides is 1. The van der Waals surface area contributed by atoms with Gasteiger partial charge in [-0.3, -0.25) is 0 Å². The first-order valence-corrected chi connectivity index (χ1v) is 49.2. The molecule has 4 fully saturated rings. The Hall–Kier alpha value is -9.29. The number of carbonyl (C=O) groups excluding carboxylic acids is 1. The number of aryl methyl sites for hydroxylation is 16. The second kappa shape index (κ2) is 48.6. The molecule has 128 heavy (non-hydrogen) atoms. The van der Waals surface area contributed by atoms with Crippen molar-refractivity contribution in [3.63, 3.8) is 0 Å². The van der Waals surface area contributed by atoms with Crippen LogP contribution in [0.1, 0.15) is 143 Å². The standard InChI is InChI=1S/C51H69NO11Si.C41H48O7.C10H21NO4Si/c1-12-60-64(61-13-2,62-14-3)17-15-16-52-51(53)63-46(30-58-49-36(8)22-42(23-37(49)9)40-18-32(4)47(33(5)19-40)56-28-44-26-54-44)31-59-50-38(10)24-43(25-39(50)11)41-20-34(6)48(35(7)21-41)57-29-45-27-55-45;1-23-9-31(33-13-27(5)40(28(6)14-33)47-21-36-19-43-36)10-24(2)38(23)45-17-35(42)18-46-39-25(3)11-32(12-26(39)4)34-15-29(7)41(30(8)16-34)48-22-37-20-44-37;1-4-13-16(14-5-2,15-6-3)9-7-8-12-10-11/h18-25,44-46H,12-17,26-31H2,1-11H3,(H,52,53);9-16,35-37,42H,17-22H2,1-8H3;4-9H2,1-3H3. The van der Waals surface area contributed by atoms with Crippen molar-refractivity contribution in [2.45, 2.75) is 214 Å². The lowest BCUT2D eigenvalue weighted by atomic mass is 9.96. The lowest BCUT2D eigenvalue weighted by Crippen LogP contribution is -2.46. The van der Waals surface area contributed by atoms with Gasteiger partial charge < -0.3 is 103 Å². The summed E-state index contributed by atoms with van der Waals surface area (Å²) in [4.78, 5) is 13.4. The first kappa shape index (κ1) is 101. The summed E-state index contributed by atoms with van der Waals surface area (Å²) in [5.41, 5.74) is 25.6. The van der Waals surface area contributed by atoms with E-state index < -0.39 is 35.9 Å². The molecule has 26 heteroatoms. The van der Waals surface area contributed by atoms with Gasteiger partial charge in [0.05, 0.1) is 26.4 Å². The molecule has 1 amide bonds. The van der Waals surface area contributed by atoms with Gasteiger partial charge in [0, 0.05) is 58.3 Å². The first-order valence-electron chi connectivity index (χ1n) is 45.3. The van der Waals surface area contributed by atoms with Crippen LogP contribution in [0, 0.1) is 122 Å². The summed E-state index contributed by atoms with van der Waals surface area (Å²) in [6.45, 7) is 54.3. The monoisotopic (exact) mass is 1800 g/mol. The Kier molecular flexibility index (Phi) is 38.3. The highest BCUT2D eigenvalue weighted by Gasteiger charge is 2.41. The molecule has 4 atom stereocenters. The lowest BCUT2D eigenvalue weighted by molar-refractivity contribution is 0.0348. The largest absolute Gasteiger partial charge is 0.501 e. The fourth-order valence-electron chi connectivity index (χ4n) is 16.1. The molecule has 0 radical (unpaired) electrons. The Morgan fingerprint density at radius 1 is 0.352 bits per heavy atom. The average Bonchev–Trinajstić information content (AvgIpc) is 0.922. The van der Waals surface area contributed by atoms with Crippen LogP contribution in [0.5, 0.6) is 46.0 Å². The van der Waals surface area contributed by atoms with Crippen LogP contribution >= 0.6 is 0 Å². The van der Waals surface area contributed by atoms with Gasteiger partial charge in [-0.1, -0.05) is 0 Å². The zero-order chi connectivity index (χ0) is 92.4. The number of alkyl carbamates (subject to hydrolysis) is 1. The van der Waals surface area contributed by atoms with E-state index in [-0.39, 0.29) is 50.8 Å². The number of nitrogens with zero attached hydrogens (tertiary/aromatic N) is 1. The first-order chi connectivity index (χ1) is 61.4. The normalized spacial score (nSPS) is 15.8. The number of epoxide rings is 4. The molecule has 4 unspecified atom stereocenters. The van der Waals surface area contributed by atoms with Gasteiger partial charge in [0.1, 0.15) is 136 Å². The van der Waals surface area contributed by atoms with E-state index in [4.69, 9.17) is 93.4 Å². The smallest absolute Gasteiger partial charge is 0.490 e.